The number of primary amides is 1. The topological polar surface area (TPSA) is 102 Å². The predicted molar refractivity (Wildman–Crippen MR) is 80.5 cm³/mol. The van der Waals surface area contributed by atoms with Gasteiger partial charge in [-0.1, -0.05) is 0 Å². The Hall–Kier alpha value is -2.15. The number of nitrogens with zero attached hydrogens (tertiary/aromatic N) is 2. The molecule has 0 atom stereocenters. The lowest BCUT2D eigenvalue weighted by molar-refractivity contribution is -0.384. The van der Waals surface area contributed by atoms with E-state index >= 15 is 0 Å². The van der Waals surface area contributed by atoms with E-state index in [-0.39, 0.29) is 16.8 Å². The fourth-order valence-electron chi connectivity index (χ4n) is 2.58. The molecule has 0 bridgehead atoms. The van der Waals surface area contributed by atoms with Crippen molar-refractivity contribution in [3.8, 4) is 0 Å². The van der Waals surface area contributed by atoms with Gasteiger partial charge in [0.25, 0.3) is 5.69 Å². The van der Waals surface area contributed by atoms with Gasteiger partial charge in [-0.2, -0.15) is 0 Å². The highest BCUT2D eigenvalue weighted by Gasteiger charge is 2.31. The van der Waals surface area contributed by atoms with E-state index in [1.807, 2.05) is 11.9 Å². The standard InChI is InChI=1S/C14H20N4O3/c1-14(16-2)5-7-17(8-6-14)12-9-10(13(15)19)3-4-11(12)18(20)21/h3-4,9,16H,5-8H2,1-2H3,(H2,15,19). The number of anilines is 1. The van der Waals surface area contributed by atoms with Crippen molar-refractivity contribution in [3.63, 3.8) is 0 Å². The monoisotopic (exact) mass is 292 g/mol. The molecule has 7 nitrogen and oxygen atoms in total. The van der Waals surface area contributed by atoms with Crippen LogP contribution in [0.15, 0.2) is 18.2 Å². The quantitative estimate of drug-likeness (QED) is 0.643. The van der Waals surface area contributed by atoms with Gasteiger partial charge in [-0.05, 0) is 38.9 Å². The lowest BCUT2D eigenvalue weighted by Crippen LogP contribution is -2.50. The van der Waals surface area contributed by atoms with Crippen molar-refractivity contribution in [2.24, 2.45) is 5.73 Å². The molecule has 1 aliphatic heterocycles. The van der Waals surface area contributed by atoms with Gasteiger partial charge in [0.1, 0.15) is 5.69 Å². The average molecular weight is 292 g/mol. The number of nitro groups is 1. The van der Waals surface area contributed by atoms with Crippen LogP contribution in [0.2, 0.25) is 0 Å². The van der Waals surface area contributed by atoms with E-state index in [4.69, 9.17) is 5.73 Å². The number of nitrogens with one attached hydrogen (secondary N) is 1. The lowest BCUT2D eigenvalue weighted by atomic mass is 9.89. The van der Waals surface area contributed by atoms with Crippen LogP contribution in [0, 0.1) is 10.1 Å². The zero-order chi connectivity index (χ0) is 15.6. The summed E-state index contributed by atoms with van der Waals surface area (Å²) in [6.07, 6.45) is 1.75. The highest BCUT2D eigenvalue weighted by atomic mass is 16.6. The molecule has 0 saturated carbocycles. The van der Waals surface area contributed by atoms with Gasteiger partial charge in [-0.3, -0.25) is 14.9 Å². The van der Waals surface area contributed by atoms with E-state index in [2.05, 4.69) is 12.2 Å². The number of carbonyl (C=O) groups is 1. The van der Waals surface area contributed by atoms with Crippen LogP contribution in [-0.4, -0.2) is 36.5 Å². The first-order valence-corrected chi connectivity index (χ1v) is 6.88. The van der Waals surface area contributed by atoms with Gasteiger partial charge in [-0.15, -0.1) is 0 Å². The number of benzene rings is 1. The third-order valence-electron chi connectivity index (χ3n) is 4.27. The van der Waals surface area contributed by atoms with E-state index in [1.54, 1.807) is 0 Å². The van der Waals surface area contributed by atoms with Crippen LogP contribution in [0.5, 0.6) is 0 Å². The number of carbonyl (C=O) groups excluding carboxylic acids is 1. The molecule has 1 saturated heterocycles. The first-order valence-electron chi connectivity index (χ1n) is 6.88. The van der Waals surface area contributed by atoms with Gasteiger partial charge >= 0.3 is 0 Å². The van der Waals surface area contributed by atoms with Crippen LogP contribution in [0.25, 0.3) is 0 Å². The summed E-state index contributed by atoms with van der Waals surface area (Å²) in [5, 5.41) is 14.5. The number of amides is 1. The van der Waals surface area contributed by atoms with Crippen LogP contribution in [0.3, 0.4) is 0 Å². The van der Waals surface area contributed by atoms with Gasteiger partial charge in [0.15, 0.2) is 0 Å². The molecule has 7 heteroatoms. The Morgan fingerprint density at radius 1 is 1.43 bits per heavy atom. The molecule has 1 fully saturated rings. The Balaban J connectivity index is 2.32. The molecule has 0 spiro atoms. The molecule has 1 aromatic rings. The van der Waals surface area contributed by atoms with E-state index in [0.29, 0.717) is 18.8 Å². The van der Waals surface area contributed by atoms with Crippen molar-refractivity contribution < 1.29 is 9.72 Å². The maximum atomic E-state index is 11.3. The zero-order valence-corrected chi connectivity index (χ0v) is 12.3. The molecule has 1 aliphatic rings. The number of piperidine rings is 1. The van der Waals surface area contributed by atoms with Crippen LogP contribution in [0.4, 0.5) is 11.4 Å². The molecule has 0 radical (unpaired) electrons. The SMILES string of the molecule is CNC1(C)CCN(c2cc(C(N)=O)ccc2[N+](=O)[O-])CC1. The Labute approximate surface area is 123 Å². The molecule has 2 rings (SSSR count). The van der Waals surface area contributed by atoms with Crippen molar-refractivity contribution in [1.82, 2.24) is 5.32 Å². The number of nitrogens with two attached hydrogens (primary N) is 1. The van der Waals surface area contributed by atoms with Crippen molar-refractivity contribution in [2.75, 3.05) is 25.0 Å². The minimum absolute atomic E-state index is 0.00746. The average Bonchev–Trinajstić information content (AvgIpc) is 2.47. The highest BCUT2D eigenvalue weighted by molar-refractivity contribution is 5.94. The molecule has 21 heavy (non-hydrogen) atoms. The second-order valence-electron chi connectivity index (χ2n) is 5.62. The number of rotatable bonds is 4. The Morgan fingerprint density at radius 2 is 2.05 bits per heavy atom. The Kier molecular flexibility index (Phi) is 4.13. The maximum Gasteiger partial charge on any atom is 0.292 e. The molecule has 0 aromatic heterocycles. The van der Waals surface area contributed by atoms with Gasteiger partial charge in [0.05, 0.1) is 4.92 Å². The van der Waals surface area contributed by atoms with Gasteiger partial charge in [0.2, 0.25) is 5.91 Å². The first-order chi connectivity index (χ1) is 9.86. The van der Waals surface area contributed by atoms with E-state index in [0.717, 1.165) is 12.8 Å². The van der Waals surface area contributed by atoms with Crippen molar-refractivity contribution >= 4 is 17.3 Å². The van der Waals surface area contributed by atoms with Gasteiger partial charge in [0, 0.05) is 30.3 Å². The maximum absolute atomic E-state index is 11.3. The fraction of sp³-hybridized carbons (Fsp3) is 0.500. The van der Waals surface area contributed by atoms with Gasteiger partial charge < -0.3 is 16.0 Å². The van der Waals surface area contributed by atoms with E-state index in [1.165, 1.54) is 18.2 Å². The Bertz CT molecular complexity index is 565. The largest absolute Gasteiger partial charge is 0.366 e. The predicted octanol–water partition coefficient (Wildman–Crippen LogP) is 1.27. The summed E-state index contributed by atoms with van der Waals surface area (Å²) in [6.45, 7) is 3.53. The Morgan fingerprint density at radius 3 is 2.52 bits per heavy atom. The molecule has 1 aromatic carbocycles. The van der Waals surface area contributed by atoms with Crippen LogP contribution < -0.4 is 16.0 Å². The summed E-state index contributed by atoms with van der Waals surface area (Å²) in [4.78, 5) is 24.0. The van der Waals surface area contributed by atoms with E-state index in [9.17, 15) is 14.9 Å². The van der Waals surface area contributed by atoms with Crippen LogP contribution >= 0.6 is 0 Å². The molecule has 1 heterocycles. The summed E-state index contributed by atoms with van der Waals surface area (Å²) in [7, 11) is 1.92. The summed E-state index contributed by atoms with van der Waals surface area (Å²) in [6, 6.07) is 4.26. The summed E-state index contributed by atoms with van der Waals surface area (Å²) in [5.41, 5.74) is 6.08. The first kappa shape index (κ1) is 15.2. The van der Waals surface area contributed by atoms with Crippen molar-refractivity contribution in [1.29, 1.82) is 0 Å². The van der Waals surface area contributed by atoms with Crippen LogP contribution in [-0.2, 0) is 0 Å². The minimum atomic E-state index is -0.580. The summed E-state index contributed by atoms with van der Waals surface area (Å²) in [5.74, 6) is -0.580. The van der Waals surface area contributed by atoms with Crippen molar-refractivity contribution in [3.05, 3.63) is 33.9 Å². The van der Waals surface area contributed by atoms with E-state index < -0.39 is 10.8 Å². The highest BCUT2D eigenvalue weighted by Crippen LogP contribution is 2.33. The third-order valence-corrected chi connectivity index (χ3v) is 4.27. The second-order valence-corrected chi connectivity index (χ2v) is 5.62. The third kappa shape index (κ3) is 3.13. The summed E-state index contributed by atoms with van der Waals surface area (Å²) < 4.78 is 0. The summed E-state index contributed by atoms with van der Waals surface area (Å²) >= 11 is 0. The van der Waals surface area contributed by atoms with Crippen LogP contribution in [0.1, 0.15) is 30.1 Å². The molecule has 3 N–H and O–H groups in total. The van der Waals surface area contributed by atoms with Crippen molar-refractivity contribution in [2.45, 2.75) is 25.3 Å². The molecule has 114 valence electrons. The van der Waals surface area contributed by atoms with Gasteiger partial charge in [-0.25, -0.2) is 0 Å². The normalized spacial score (nSPS) is 17.5. The number of hydrogen-bond donors (Lipinski definition) is 2. The molecular weight excluding hydrogens is 272 g/mol. The molecule has 0 aliphatic carbocycles. The smallest absolute Gasteiger partial charge is 0.292 e. The lowest BCUT2D eigenvalue weighted by Gasteiger charge is -2.40. The second kappa shape index (κ2) is 5.69. The molecule has 0 unspecified atom stereocenters. The number of nitro benzene ring substituents is 1. The number of hydrogen-bond acceptors (Lipinski definition) is 5. The zero-order valence-electron chi connectivity index (χ0n) is 12.3. The molecular formula is C14H20N4O3. The molecule has 1 amide bonds. The minimum Gasteiger partial charge on any atom is -0.366 e. The fourth-order valence-corrected chi connectivity index (χ4v) is 2.58.